The lowest BCUT2D eigenvalue weighted by molar-refractivity contribution is -0.120. The normalized spacial score (nSPS) is 15.8. The number of carbonyl (C=O) groups excluding carboxylic acids is 3. The molecular weight excluding hydrogens is 506 g/mol. The molecule has 9 nitrogen and oxygen atoms in total. The van der Waals surface area contributed by atoms with Gasteiger partial charge < -0.3 is 30.2 Å². The third-order valence-electron chi connectivity index (χ3n) is 7.31. The summed E-state index contributed by atoms with van der Waals surface area (Å²) in [7, 11) is 3.94. The smallest absolute Gasteiger partial charge is 0.256 e. The van der Waals surface area contributed by atoms with Crippen LogP contribution >= 0.6 is 0 Å². The maximum atomic E-state index is 13.1. The first-order valence-corrected chi connectivity index (χ1v) is 13.5. The van der Waals surface area contributed by atoms with Crippen molar-refractivity contribution in [3.05, 3.63) is 76.6 Å². The highest BCUT2D eigenvalue weighted by Crippen LogP contribution is 2.41. The maximum absolute atomic E-state index is 13.1. The molecule has 3 N–H and O–H groups in total. The number of anilines is 1. The summed E-state index contributed by atoms with van der Waals surface area (Å²) in [5.74, 6) is -0.269. The quantitative estimate of drug-likeness (QED) is 0.380. The van der Waals surface area contributed by atoms with E-state index in [9.17, 15) is 14.4 Å². The van der Waals surface area contributed by atoms with Gasteiger partial charge in [-0.05, 0) is 55.4 Å². The van der Waals surface area contributed by atoms with Crippen molar-refractivity contribution >= 4 is 35.1 Å². The van der Waals surface area contributed by atoms with Crippen molar-refractivity contribution in [1.82, 2.24) is 20.1 Å². The van der Waals surface area contributed by atoms with Crippen molar-refractivity contribution in [1.29, 1.82) is 0 Å². The van der Waals surface area contributed by atoms with E-state index in [-0.39, 0.29) is 24.1 Å². The molecule has 0 spiro atoms. The fourth-order valence-electron chi connectivity index (χ4n) is 5.11. The summed E-state index contributed by atoms with van der Waals surface area (Å²) in [4.78, 5) is 45.7. The molecule has 2 aliphatic heterocycles. The van der Waals surface area contributed by atoms with Crippen molar-refractivity contribution in [2.75, 3.05) is 58.8 Å². The second-order valence-corrected chi connectivity index (χ2v) is 10.4. The number of benzene rings is 2. The number of rotatable bonds is 8. The molecule has 1 aromatic heterocycles. The van der Waals surface area contributed by atoms with Crippen LogP contribution in [0.1, 0.15) is 32.7 Å². The number of likely N-dealkylation sites (N-methyl/N-ethyl adjacent to an activating group) is 1. The average molecular weight is 542 g/mol. The molecule has 9 heteroatoms. The lowest BCUT2D eigenvalue weighted by Gasteiger charge is -2.26. The van der Waals surface area contributed by atoms with Gasteiger partial charge >= 0.3 is 0 Å². The molecule has 3 amide bonds. The number of hydrogen-bond donors (Lipinski definition) is 3. The van der Waals surface area contributed by atoms with Gasteiger partial charge in [0.2, 0.25) is 5.91 Å². The Morgan fingerprint density at radius 2 is 1.90 bits per heavy atom. The molecule has 0 radical (unpaired) electrons. The Bertz CT molecular complexity index is 1470. The van der Waals surface area contributed by atoms with E-state index in [0.717, 1.165) is 40.0 Å². The number of carbonyl (C=O) groups is 3. The van der Waals surface area contributed by atoms with Crippen LogP contribution in [-0.4, -0.2) is 86.0 Å². The summed E-state index contributed by atoms with van der Waals surface area (Å²) in [6.45, 7) is 5.47. The molecule has 0 aliphatic carbocycles. The molecule has 3 heterocycles. The predicted octanol–water partition coefficient (Wildman–Crippen LogP) is 3.18. The second kappa shape index (κ2) is 11.9. The molecule has 0 unspecified atom stereocenters. The number of aromatic amines is 1. The average Bonchev–Trinajstić information content (AvgIpc) is 3.47. The van der Waals surface area contributed by atoms with Gasteiger partial charge in [0.25, 0.3) is 11.8 Å². The third-order valence-corrected chi connectivity index (χ3v) is 7.31. The van der Waals surface area contributed by atoms with Gasteiger partial charge in [-0.25, -0.2) is 0 Å². The standard InChI is InChI=1S/C31H35N5O4/c1-20-25(31(39)36-12-14-40-15-13-36)19-33-27(20)18-24-29-23(8-5-9-26(29)34-30(24)38)22-7-4-6-21(16-22)17-28(37)32-10-11-35(2)3/h4-9,16,18-19,33H,10-15,17H2,1-3H3,(H,32,37)(H,34,38)/b24-18-. The van der Waals surface area contributed by atoms with E-state index in [0.29, 0.717) is 49.7 Å². The Morgan fingerprint density at radius 1 is 1.12 bits per heavy atom. The largest absolute Gasteiger partial charge is 0.378 e. The highest BCUT2D eigenvalue weighted by Gasteiger charge is 2.29. The topological polar surface area (TPSA) is 107 Å². The zero-order chi connectivity index (χ0) is 28.2. The zero-order valence-corrected chi connectivity index (χ0v) is 23.2. The van der Waals surface area contributed by atoms with Gasteiger partial charge in [0, 0.05) is 49.3 Å². The molecule has 0 saturated carbocycles. The first kappa shape index (κ1) is 27.4. The van der Waals surface area contributed by atoms with Gasteiger partial charge in [-0.3, -0.25) is 14.4 Å². The van der Waals surface area contributed by atoms with Crippen molar-refractivity contribution < 1.29 is 19.1 Å². The summed E-state index contributed by atoms with van der Waals surface area (Å²) in [5.41, 5.74) is 6.87. The molecule has 208 valence electrons. The Kier molecular flexibility index (Phi) is 8.14. The second-order valence-electron chi connectivity index (χ2n) is 10.4. The van der Waals surface area contributed by atoms with E-state index >= 15 is 0 Å². The van der Waals surface area contributed by atoms with Gasteiger partial charge in [0.1, 0.15) is 0 Å². The number of morpholine rings is 1. The monoisotopic (exact) mass is 541 g/mol. The minimum absolute atomic E-state index is 0.0284. The lowest BCUT2D eigenvalue weighted by atomic mass is 9.93. The van der Waals surface area contributed by atoms with Crippen LogP contribution < -0.4 is 10.6 Å². The minimum atomic E-state index is -0.200. The fourth-order valence-corrected chi connectivity index (χ4v) is 5.11. The lowest BCUT2D eigenvalue weighted by Crippen LogP contribution is -2.40. The Hall–Kier alpha value is -4.21. The number of nitrogens with zero attached hydrogens (tertiary/aromatic N) is 2. The Balaban J connectivity index is 1.42. The van der Waals surface area contributed by atoms with Crippen LogP contribution in [0.5, 0.6) is 0 Å². The summed E-state index contributed by atoms with van der Waals surface area (Å²) in [5, 5.41) is 5.94. The summed E-state index contributed by atoms with van der Waals surface area (Å²) >= 11 is 0. The van der Waals surface area contributed by atoms with Crippen LogP contribution in [0.3, 0.4) is 0 Å². The Morgan fingerprint density at radius 3 is 2.67 bits per heavy atom. The molecule has 0 atom stereocenters. The summed E-state index contributed by atoms with van der Waals surface area (Å²) < 4.78 is 5.38. The molecule has 1 fully saturated rings. The maximum Gasteiger partial charge on any atom is 0.256 e. The first-order chi connectivity index (χ1) is 19.3. The first-order valence-electron chi connectivity index (χ1n) is 13.5. The summed E-state index contributed by atoms with van der Waals surface area (Å²) in [6, 6.07) is 13.6. The van der Waals surface area contributed by atoms with Gasteiger partial charge in [0.05, 0.1) is 30.8 Å². The number of H-pyrrole nitrogens is 1. The van der Waals surface area contributed by atoms with E-state index in [1.807, 2.05) is 74.5 Å². The summed E-state index contributed by atoms with van der Waals surface area (Å²) in [6.07, 6.45) is 3.81. The highest BCUT2D eigenvalue weighted by molar-refractivity contribution is 6.36. The van der Waals surface area contributed by atoms with E-state index in [1.165, 1.54) is 0 Å². The molecule has 2 aliphatic rings. The molecule has 1 saturated heterocycles. The molecule has 0 bridgehead atoms. The number of nitrogens with one attached hydrogen (secondary N) is 3. The van der Waals surface area contributed by atoms with E-state index in [2.05, 4.69) is 15.6 Å². The van der Waals surface area contributed by atoms with Gasteiger partial charge in [-0.1, -0.05) is 36.4 Å². The molecule has 2 aromatic carbocycles. The number of aromatic nitrogens is 1. The van der Waals surface area contributed by atoms with Crippen molar-refractivity contribution in [3.63, 3.8) is 0 Å². The van der Waals surface area contributed by atoms with Crippen molar-refractivity contribution in [2.24, 2.45) is 0 Å². The number of fused-ring (bicyclic) bond motifs is 1. The van der Waals surface area contributed by atoms with E-state index < -0.39 is 0 Å². The van der Waals surface area contributed by atoms with Crippen LogP contribution in [0.25, 0.3) is 22.8 Å². The van der Waals surface area contributed by atoms with Crippen LogP contribution in [0.4, 0.5) is 5.69 Å². The van der Waals surface area contributed by atoms with Gasteiger partial charge in [-0.15, -0.1) is 0 Å². The molecule has 5 rings (SSSR count). The van der Waals surface area contributed by atoms with E-state index in [4.69, 9.17) is 4.74 Å². The Labute approximate surface area is 234 Å². The van der Waals surface area contributed by atoms with Crippen LogP contribution in [0.15, 0.2) is 48.7 Å². The SMILES string of the molecule is Cc1c(C(=O)N2CCOCC2)c[nH]c1/C=C1\C(=O)Nc2cccc(-c3cccc(CC(=O)NCCN(C)C)c3)c21. The number of amides is 3. The molecule has 3 aromatic rings. The van der Waals surface area contributed by atoms with Crippen molar-refractivity contribution in [3.8, 4) is 11.1 Å². The third kappa shape index (κ3) is 5.85. The van der Waals surface area contributed by atoms with Crippen LogP contribution in [0, 0.1) is 6.92 Å². The molecular formula is C31H35N5O4. The van der Waals surface area contributed by atoms with Crippen molar-refractivity contribution in [2.45, 2.75) is 13.3 Å². The number of ether oxygens (including phenoxy) is 1. The van der Waals surface area contributed by atoms with Gasteiger partial charge in [0.15, 0.2) is 0 Å². The van der Waals surface area contributed by atoms with Crippen LogP contribution in [0.2, 0.25) is 0 Å². The van der Waals surface area contributed by atoms with Crippen LogP contribution in [-0.2, 0) is 20.7 Å². The number of hydrogen-bond acceptors (Lipinski definition) is 5. The fraction of sp³-hybridized carbons (Fsp3) is 0.323. The predicted molar refractivity (Wildman–Crippen MR) is 156 cm³/mol. The highest BCUT2D eigenvalue weighted by atomic mass is 16.5. The minimum Gasteiger partial charge on any atom is -0.378 e. The molecule has 40 heavy (non-hydrogen) atoms. The van der Waals surface area contributed by atoms with E-state index in [1.54, 1.807) is 11.1 Å². The van der Waals surface area contributed by atoms with Gasteiger partial charge in [-0.2, -0.15) is 0 Å². The zero-order valence-electron chi connectivity index (χ0n) is 23.2.